The molecule has 0 fully saturated rings. The normalized spacial score (nSPS) is 10.8. The third-order valence-electron chi connectivity index (χ3n) is 4.93. The second kappa shape index (κ2) is 8.96. The molecule has 3 rings (SSSR count). The molecule has 3 nitrogen and oxygen atoms in total. The molecule has 0 amide bonds. The van der Waals surface area contributed by atoms with Crippen molar-refractivity contribution in [3.8, 4) is 17.2 Å². The van der Waals surface area contributed by atoms with Crippen molar-refractivity contribution in [1.82, 2.24) is 0 Å². The van der Waals surface area contributed by atoms with E-state index in [4.69, 9.17) is 14.2 Å². The van der Waals surface area contributed by atoms with Gasteiger partial charge in [0.05, 0.1) is 0 Å². The van der Waals surface area contributed by atoms with Crippen LogP contribution >= 0.6 is 0 Å². The number of methoxy groups -OCH3 is 3. The van der Waals surface area contributed by atoms with Gasteiger partial charge in [0.15, 0.2) is 0 Å². The van der Waals surface area contributed by atoms with Crippen LogP contribution in [0.2, 0.25) is 0 Å². The average Bonchev–Trinajstić information content (AvgIpc) is 2.70. The first-order valence-corrected chi connectivity index (χ1v) is 14.4. The fourth-order valence-electron chi connectivity index (χ4n) is 3.41. The van der Waals surface area contributed by atoms with E-state index in [9.17, 15) is 0 Å². The minimum atomic E-state index is -2.53. The summed E-state index contributed by atoms with van der Waals surface area (Å²) in [6, 6.07) is 19.5. The van der Waals surface area contributed by atoms with Crippen LogP contribution < -0.4 is 24.0 Å². The zero-order chi connectivity index (χ0) is 20.3. The monoisotopic (exact) mass is 572 g/mol. The van der Waals surface area contributed by atoms with Crippen molar-refractivity contribution in [2.45, 2.75) is 20.8 Å². The summed E-state index contributed by atoms with van der Waals surface area (Å²) >= 11 is -2.53. The standard InChI is InChI=1S/3C8H9O.Bi/c3*1-7-4-3-5-8(6-7)9-2;/h3*3,5-6H,1-2H3;. The van der Waals surface area contributed by atoms with Crippen molar-refractivity contribution >= 4 is 31.6 Å². The molecule has 0 N–H and O–H groups in total. The molecule has 3 aromatic carbocycles. The first-order chi connectivity index (χ1) is 13.5. The van der Waals surface area contributed by atoms with E-state index in [1.54, 1.807) is 21.3 Å². The Morgan fingerprint density at radius 1 is 0.500 bits per heavy atom. The molecule has 28 heavy (non-hydrogen) atoms. The van der Waals surface area contributed by atoms with Crippen LogP contribution in [0.4, 0.5) is 0 Å². The molecule has 3 aromatic rings. The van der Waals surface area contributed by atoms with Gasteiger partial charge in [0.2, 0.25) is 0 Å². The van der Waals surface area contributed by atoms with Gasteiger partial charge < -0.3 is 0 Å². The second-order valence-corrected chi connectivity index (χ2v) is 15.0. The first-order valence-electron chi connectivity index (χ1n) is 9.22. The number of hydrogen-bond acceptors (Lipinski definition) is 3. The summed E-state index contributed by atoms with van der Waals surface area (Å²) in [5.74, 6) is 2.72. The molecule has 0 aromatic heterocycles. The molecule has 0 aliphatic heterocycles. The molecular weight excluding hydrogens is 545 g/mol. The molecule has 0 aliphatic rings. The Bertz CT molecular complexity index is 854. The predicted octanol–water partition coefficient (Wildman–Crippen LogP) is 3.15. The fraction of sp³-hybridized carbons (Fsp3) is 0.250. The quantitative estimate of drug-likeness (QED) is 0.425. The van der Waals surface area contributed by atoms with Gasteiger partial charge in [0.25, 0.3) is 0 Å². The molecule has 0 aliphatic carbocycles. The van der Waals surface area contributed by atoms with Crippen LogP contribution in [-0.2, 0) is 0 Å². The van der Waals surface area contributed by atoms with Gasteiger partial charge in [-0.15, -0.1) is 0 Å². The zero-order valence-electron chi connectivity index (χ0n) is 17.4. The summed E-state index contributed by atoms with van der Waals surface area (Å²) in [7, 11) is 5.15. The Kier molecular flexibility index (Phi) is 6.62. The van der Waals surface area contributed by atoms with E-state index < -0.39 is 21.8 Å². The van der Waals surface area contributed by atoms with Gasteiger partial charge in [-0.05, 0) is 0 Å². The summed E-state index contributed by atoms with van der Waals surface area (Å²) in [5, 5.41) is 0. The van der Waals surface area contributed by atoms with Crippen LogP contribution in [0.25, 0.3) is 0 Å². The Hall–Kier alpha value is -2.06. The van der Waals surface area contributed by atoms with Crippen LogP contribution in [0.1, 0.15) is 16.7 Å². The van der Waals surface area contributed by atoms with Crippen LogP contribution in [-0.4, -0.2) is 43.1 Å². The third-order valence-corrected chi connectivity index (χ3v) is 16.4. The van der Waals surface area contributed by atoms with Gasteiger partial charge in [-0.25, -0.2) is 0 Å². The van der Waals surface area contributed by atoms with Gasteiger partial charge in [0, 0.05) is 0 Å². The Morgan fingerprint density at radius 2 is 0.786 bits per heavy atom. The van der Waals surface area contributed by atoms with Crippen LogP contribution in [0.3, 0.4) is 0 Å². The second-order valence-electron chi connectivity index (χ2n) is 6.79. The minimum absolute atomic E-state index is 0.906. The molecule has 0 saturated carbocycles. The Morgan fingerprint density at radius 3 is 1.00 bits per heavy atom. The Labute approximate surface area is 175 Å². The van der Waals surface area contributed by atoms with Gasteiger partial charge in [-0.3, -0.25) is 0 Å². The van der Waals surface area contributed by atoms with E-state index in [1.807, 2.05) is 0 Å². The number of ether oxygens (including phenoxy) is 3. The summed E-state index contributed by atoms with van der Waals surface area (Å²) in [5.41, 5.74) is 3.88. The van der Waals surface area contributed by atoms with E-state index in [1.165, 1.54) is 26.5 Å². The summed E-state index contributed by atoms with van der Waals surface area (Å²) in [6.07, 6.45) is 0. The molecule has 0 saturated heterocycles. The number of hydrogen-bond donors (Lipinski definition) is 0. The van der Waals surface area contributed by atoms with Crippen molar-refractivity contribution in [3.63, 3.8) is 0 Å². The number of benzene rings is 3. The molecule has 0 bridgehead atoms. The van der Waals surface area contributed by atoms with E-state index in [2.05, 4.69) is 75.4 Å². The fourth-order valence-corrected chi connectivity index (χ4v) is 13.9. The van der Waals surface area contributed by atoms with Gasteiger partial charge in [-0.2, -0.15) is 0 Å². The molecule has 0 unspecified atom stereocenters. The number of rotatable bonds is 6. The van der Waals surface area contributed by atoms with Crippen molar-refractivity contribution in [2.24, 2.45) is 0 Å². The van der Waals surface area contributed by atoms with Crippen LogP contribution in [0.15, 0.2) is 54.6 Å². The summed E-state index contributed by atoms with van der Waals surface area (Å²) in [6.45, 7) is 6.58. The molecular formula is C24H27BiO3. The maximum atomic E-state index is 5.44. The zero-order valence-corrected chi connectivity index (χ0v) is 20.8. The Balaban J connectivity index is 2.23. The SMILES string of the molecule is COc1cc[c]([Bi]([c]2ccc(OC)cc2C)[c]2ccc(OC)cc2C)c(C)c1. The third kappa shape index (κ3) is 4.18. The van der Waals surface area contributed by atoms with E-state index >= 15 is 0 Å². The first kappa shape index (κ1) is 20.7. The van der Waals surface area contributed by atoms with E-state index in [-0.39, 0.29) is 0 Å². The summed E-state index contributed by atoms with van der Waals surface area (Å²) < 4.78 is 20.7. The molecule has 4 heteroatoms. The van der Waals surface area contributed by atoms with Gasteiger partial charge >= 0.3 is 176 Å². The summed E-state index contributed by atoms with van der Waals surface area (Å²) in [4.78, 5) is 0. The van der Waals surface area contributed by atoms with Crippen LogP contribution in [0, 0.1) is 20.8 Å². The van der Waals surface area contributed by atoms with Crippen molar-refractivity contribution in [1.29, 1.82) is 0 Å². The topological polar surface area (TPSA) is 27.7 Å². The predicted molar refractivity (Wildman–Crippen MR) is 118 cm³/mol. The molecule has 146 valence electrons. The van der Waals surface area contributed by atoms with E-state index in [0.29, 0.717) is 0 Å². The molecule has 0 atom stereocenters. The number of aryl methyl sites for hydroxylation is 3. The van der Waals surface area contributed by atoms with Gasteiger partial charge in [0.1, 0.15) is 0 Å². The van der Waals surface area contributed by atoms with Crippen molar-refractivity contribution in [3.05, 3.63) is 71.3 Å². The molecule has 0 radical (unpaired) electrons. The van der Waals surface area contributed by atoms with E-state index in [0.717, 1.165) is 17.2 Å². The molecule has 0 spiro atoms. The van der Waals surface area contributed by atoms with Crippen molar-refractivity contribution in [2.75, 3.05) is 21.3 Å². The van der Waals surface area contributed by atoms with Crippen molar-refractivity contribution < 1.29 is 14.2 Å². The van der Waals surface area contributed by atoms with Crippen LogP contribution in [0.5, 0.6) is 17.2 Å². The van der Waals surface area contributed by atoms with Gasteiger partial charge in [-0.1, -0.05) is 0 Å². The average molecular weight is 572 g/mol. The molecule has 0 heterocycles. The maximum absolute atomic E-state index is 5.44.